The molecule has 0 aromatic rings. The molecule has 0 atom stereocenters. The summed E-state index contributed by atoms with van der Waals surface area (Å²) in [5, 5.41) is 2.99. The van der Waals surface area contributed by atoms with Gasteiger partial charge in [-0.3, -0.25) is 9.59 Å². The van der Waals surface area contributed by atoms with Gasteiger partial charge >= 0.3 is 0 Å². The Bertz CT molecular complexity index is 333. The van der Waals surface area contributed by atoms with Crippen LogP contribution >= 0.6 is 0 Å². The number of ketones is 1. The lowest BCUT2D eigenvalue weighted by Crippen LogP contribution is -2.48. The van der Waals surface area contributed by atoms with Crippen LogP contribution in [-0.2, 0) is 14.3 Å². The first-order chi connectivity index (χ1) is 8.93. The van der Waals surface area contributed by atoms with Crippen LogP contribution in [0.25, 0.3) is 0 Å². The molecule has 0 fully saturated rings. The van der Waals surface area contributed by atoms with Gasteiger partial charge in [-0.2, -0.15) is 0 Å². The molecule has 0 aromatic heterocycles. The van der Waals surface area contributed by atoms with Crippen molar-refractivity contribution in [2.75, 3.05) is 6.61 Å². The minimum Gasteiger partial charge on any atom is -0.373 e. The maximum absolute atomic E-state index is 11.8. The van der Waals surface area contributed by atoms with Gasteiger partial charge in [0.05, 0.1) is 17.7 Å². The van der Waals surface area contributed by atoms with Gasteiger partial charge in [-0.25, -0.2) is 0 Å². The summed E-state index contributed by atoms with van der Waals surface area (Å²) in [4.78, 5) is 23.0. The lowest BCUT2D eigenvalue weighted by atomic mass is 10.0. The Labute approximate surface area is 123 Å². The van der Waals surface area contributed by atoms with Gasteiger partial charge in [-0.1, -0.05) is 13.8 Å². The van der Waals surface area contributed by atoms with Gasteiger partial charge in [0.1, 0.15) is 5.78 Å². The molecular weight excluding hydrogens is 254 g/mol. The van der Waals surface area contributed by atoms with Crippen molar-refractivity contribution in [3.8, 4) is 0 Å². The van der Waals surface area contributed by atoms with E-state index >= 15 is 0 Å². The predicted octanol–water partition coefficient (Wildman–Crippen LogP) is 3.09. The van der Waals surface area contributed by atoms with Crippen LogP contribution in [0.2, 0.25) is 0 Å². The van der Waals surface area contributed by atoms with Gasteiger partial charge in [0.2, 0.25) is 5.91 Å². The van der Waals surface area contributed by atoms with Crippen molar-refractivity contribution in [1.82, 2.24) is 5.32 Å². The zero-order chi connectivity index (χ0) is 16.0. The zero-order valence-electron chi connectivity index (χ0n) is 14.1. The summed E-state index contributed by atoms with van der Waals surface area (Å²) in [6, 6.07) is 0. The monoisotopic (exact) mass is 285 g/mol. The first-order valence-corrected chi connectivity index (χ1v) is 7.38. The number of carbonyl (C=O) groups excluding carboxylic acids is 2. The Morgan fingerprint density at radius 2 is 1.70 bits per heavy atom. The fourth-order valence-corrected chi connectivity index (χ4v) is 1.92. The van der Waals surface area contributed by atoms with Gasteiger partial charge in [0, 0.05) is 12.8 Å². The number of amides is 1. The highest BCUT2D eigenvalue weighted by Crippen LogP contribution is 2.18. The normalized spacial score (nSPS) is 12.6. The molecule has 0 aliphatic rings. The smallest absolute Gasteiger partial charge is 0.220 e. The van der Waals surface area contributed by atoms with Crippen LogP contribution < -0.4 is 5.32 Å². The Hall–Kier alpha value is -0.900. The van der Waals surface area contributed by atoms with Crippen molar-refractivity contribution in [3.63, 3.8) is 0 Å². The van der Waals surface area contributed by atoms with Gasteiger partial charge < -0.3 is 10.1 Å². The number of hydrogen-bond acceptors (Lipinski definition) is 3. The molecule has 0 heterocycles. The molecule has 0 unspecified atom stereocenters. The molecule has 4 nitrogen and oxygen atoms in total. The molecule has 4 heteroatoms. The summed E-state index contributed by atoms with van der Waals surface area (Å²) in [5.41, 5.74) is -0.923. The topological polar surface area (TPSA) is 55.4 Å². The number of Topliss-reactive ketones (excluding diaryl/α,β-unsaturated/α-hetero) is 1. The van der Waals surface area contributed by atoms with Crippen molar-refractivity contribution < 1.29 is 14.3 Å². The van der Waals surface area contributed by atoms with E-state index in [1.165, 1.54) is 0 Å². The van der Waals surface area contributed by atoms with E-state index in [1.54, 1.807) is 6.92 Å². The quantitative estimate of drug-likeness (QED) is 0.708. The molecule has 0 saturated carbocycles. The van der Waals surface area contributed by atoms with Gasteiger partial charge in [0.25, 0.3) is 0 Å². The van der Waals surface area contributed by atoms with Crippen molar-refractivity contribution >= 4 is 11.7 Å². The van der Waals surface area contributed by atoms with Crippen molar-refractivity contribution in [2.45, 2.75) is 78.9 Å². The van der Waals surface area contributed by atoms with Crippen LogP contribution in [0, 0.1) is 5.92 Å². The SMILES string of the molecule is CC(=O)CC(C)(C)OCC(C)(C)NC(=O)CCC(C)C. The first-order valence-electron chi connectivity index (χ1n) is 7.38. The van der Waals surface area contributed by atoms with E-state index in [-0.39, 0.29) is 11.7 Å². The number of rotatable bonds is 9. The third-order valence-corrected chi connectivity index (χ3v) is 2.92. The van der Waals surface area contributed by atoms with E-state index in [0.29, 0.717) is 25.4 Å². The van der Waals surface area contributed by atoms with Crippen LogP contribution in [0.4, 0.5) is 0 Å². The van der Waals surface area contributed by atoms with E-state index in [0.717, 1.165) is 6.42 Å². The number of carbonyl (C=O) groups is 2. The average Bonchev–Trinajstić information content (AvgIpc) is 2.22. The lowest BCUT2D eigenvalue weighted by molar-refractivity contribution is -0.129. The highest BCUT2D eigenvalue weighted by Gasteiger charge is 2.27. The Kier molecular flexibility index (Phi) is 7.42. The maximum Gasteiger partial charge on any atom is 0.220 e. The second-order valence-electron chi connectivity index (χ2n) is 7.29. The molecule has 0 saturated heterocycles. The molecule has 0 radical (unpaired) electrons. The van der Waals surface area contributed by atoms with Crippen LogP contribution in [0.1, 0.15) is 67.7 Å². The van der Waals surface area contributed by atoms with Gasteiger partial charge in [-0.05, 0) is 47.0 Å². The van der Waals surface area contributed by atoms with Gasteiger partial charge in [-0.15, -0.1) is 0 Å². The second-order valence-corrected chi connectivity index (χ2v) is 7.29. The third kappa shape index (κ3) is 9.96. The van der Waals surface area contributed by atoms with Crippen LogP contribution in [0.15, 0.2) is 0 Å². The van der Waals surface area contributed by atoms with E-state index in [9.17, 15) is 9.59 Å². The molecule has 20 heavy (non-hydrogen) atoms. The van der Waals surface area contributed by atoms with E-state index < -0.39 is 11.1 Å². The molecule has 0 spiro atoms. The molecule has 0 aliphatic heterocycles. The Morgan fingerprint density at radius 1 is 1.15 bits per heavy atom. The molecular formula is C16H31NO3. The van der Waals surface area contributed by atoms with E-state index in [2.05, 4.69) is 19.2 Å². The average molecular weight is 285 g/mol. The molecule has 0 bridgehead atoms. The largest absolute Gasteiger partial charge is 0.373 e. The molecule has 1 N–H and O–H groups in total. The summed E-state index contributed by atoms with van der Waals surface area (Å²) in [6.07, 6.45) is 1.81. The molecule has 0 aromatic carbocycles. The lowest BCUT2D eigenvalue weighted by Gasteiger charge is -2.32. The highest BCUT2D eigenvalue weighted by molar-refractivity contribution is 5.77. The molecule has 118 valence electrons. The number of ether oxygens (including phenoxy) is 1. The highest BCUT2D eigenvalue weighted by atomic mass is 16.5. The summed E-state index contributed by atoms with van der Waals surface area (Å²) in [6.45, 7) is 13.8. The minimum absolute atomic E-state index is 0.0525. The summed E-state index contributed by atoms with van der Waals surface area (Å²) in [5.74, 6) is 0.681. The van der Waals surface area contributed by atoms with Crippen LogP contribution in [-0.4, -0.2) is 29.4 Å². The number of hydrogen-bond donors (Lipinski definition) is 1. The maximum atomic E-state index is 11.8. The van der Waals surface area contributed by atoms with Gasteiger partial charge in [0.15, 0.2) is 0 Å². The van der Waals surface area contributed by atoms with Crippen molar-refractivity contribution in [1.29, 1.82) is 0 Å². The molecule has 0 rings (SSSR count). The molecule has 0 aliphatic carbocycles. The third-order valence-electron chi connectivity index (χ3n) is 2.92. The molecule has 1 amide bonds. The minimum atomic E-state index is -0.494. The Morgan fingerprint density at radius 3 is 2.15 bits per heavy atom. The Balaban J connectivity index is 4.24. The van der Waals surface area contributed by atoms with E-state index in [4.69, 9.17) is 4.74 Å². The standard InChI is InChI=1S/C16H31NO3/c1-12(2)8-9-14(19)17-15(4,5)11-20-16(6,7)10-13(3)18/h12H,8-11H2,1-7H3,(H,17,19). The second kappa shape index (κ2) is 7.77. The van der Waals surface area contributed by atoms with Crippen molar-refractivity contribution in [3.05, 3.63) is 0 Å². The van der Waals surface area contributed by atoms with Crippen molar-refractivity contribution in [2.24, 2.45) is 5.92 Å². The van der Waals surface area contributed by atoms with Crippen LogP contribution in [0.3, 0.4) is 0 Å². The predicted molar refractivity (Wildman–Crippen MR) is 81.6 cm³/mol. The van der Waals surface area contributed by atoms with Crippen LogP contribution in [0.5, 0.6) is 0 Å². The zero-order valence-corrected chi connectivity index (χ0v) is 14.1. The summed E-state index contributed by atoms with van der Waals surface area (Å²) >= 11 is 0. The summed E-state index contributed by atoms with van der Waals surface area (Å²) in [7, 11) is 0. The first kappa shape index (κ1) is 19.1. The summed E-state index contributed by atoms with van der Waals surface area (Å²) < 4.78 is 5.80. The number of nitrogens with one attached hydrogen (secondary N) is 1. The van der Waals surface area contributed by atoms with E-state index in [1.807, 2.05) is 27.7 Å². The fraction of sp³-hybridized carbons (Fsp3) is 0.875. The fourth-order valence-electron chi connectivity index (χ4n) is 1.92.